The predicted molar refractivity (Wildman–Crippen MR) is 98.5 cm³/mol. The molecule has 0 aliphatic heterocycles. The van der Waals surface area contributed by atoms with E-state index in [4.69, 9.17) is 16.3 Å². The second kappa shape index (κ2) is 7.27. The SMILES string of the molecule is COC(=O)c1nc(C2CC2)nc(NCc2ccc(N(C)C)cc2)c1Cl. The number of esters is 1. The summed E-state index contributed by atoms with van der Waals surface area (Å²) in [5.74, 6) is 0.874. The van der Waals surface area contributed by atoms with Gasteiger partial charge in [0.2, 0.25) is 0 Å². The minimum atomic E-state index is -0.548. The van der Waals surface area contributed by atoms with E-state index >= 15 is 0 Å². The molecule has 1 aromatic heterocycles. The van der Waals surface area contributed by atoms with Crippen LogP contribution in [0.1, 0.15) is 40.6 Å². The molecule has 7 heteroatoms. The first-order chi connectivity index (χ1) is 12.0. The van der Waals surface area contributed by atoms with E-state index in [1.165, 1.54) is 7.11 Å². The third-order valence-corrected chi connectivity index (χ3v) is 4.46. The molecule has 0 spiro atoms. The number of halogens is 1. The van der Waals surface area contributed by atoms with E-state index in [9.17, 15) is 4.79 Å². The van der Waals surface area contributed by atoms with E-state index in [2.05, 4.69) is 15.3 Å². The number of hydrogen-bond acceptors (Lipinski definition) is 6. The van der Waals surface area contributed by atoms with Gasteiger partial charge in [-0.1, -0.05) is 23.7 Å². The van der Waals surface area contributed by atoms with Gasteiger partial charge in [0, 0.05) is 32.2 Å². The number of methoxy groups -OCH3 is 1. The summed E-state index contributed by atoms with van der Waals surface area (Å²) in [5.41, 5.74) is 2.34. The summed E-state index contributed by atoms with van der Waals surface area (Å²) in [4.78, 5) is 22.8. The number of anilines is 2. The summed E-state index contributed by atoms with van der Waals surface area (Å²) >= 11 is 6.32. The first-order valence-corrected chi connectivity index (χ1v) is 8.53. The topological polar surface area (TPSA) is 67.3 Å². The van der Waals surface area contributed by atoms with Gasteiger partial charge in [-0.3, -0.25) is 0 Å². The molecule has 1 fully saturated rings. The third-order valence-electron chi connectivity index (χ3n) is 4.10. The van der Waals surface area contributed by atoms with Crippen molar-refractivity contribution in [1.82, 2.24) is 9.97 Å². The van der Waals surface area contributed by atoms with Gasteiger partial charge < -0.3 is 15.0 Å². The lowest BCUT2D eigenvalue weighted by atomic mass is 10.2. The Kier molecular flexibility index (Phi) is 5.08. The molecule has 1 aliphatic carbocycles. The zero-order valence-corrected chi connectivity index (χ0v) is 15.3. The highest BCUT2D eigenvalue weighted by atomic mass is 35.5. The van der Waals surface area contributed by atoms with Crippen LogP contribution in [0.15, 0.2) is 24.3 Å². The molecule has 0 saturated heterocycles. The minimum absolute atomic E-state index is 0.117. The number of nitrogens with zero attached hydrogens (tertiary/aromatic N) is 3. The normalized spacial score (nSPS) is 13.4. The van der Waals surface area contributed by atoms with Crippen molar-refractivity contribution >= 4 is 29.1 Å². The largest absolute Gasteiger partial charge is 0.464 e. The Labute approximate surface area is 152 Å². The fourth-order valence-corrected chi connectivity index (χ4v) is 2.66. The van der Waals surface area contributed by atoms with Crippen LogP contribution in [-0.2, 0) is 11.3 Å². The number of rotatable bonds is 6. The highest BCUT2D eigenvalue weighted by Crippen LogP contribution is 2.39. The van der Waals surface area contributed by atoms with Crippen LogP contribution in [0, 0.1) is 0 Å². The highest BCUT2D eigenvalue weighted by Gasteiger charge is 2.30. The summed E-state index contributed by atoms with van der Waals surface area (Å²) in [6.45, 7) is 0.551. The van der Waals surface area contributed by atoms with Crippen LogP contribution in [0.2, 0.25) is 5.02 Å². The van der Waals surface area contributed by atoms with Crippen molar-refractivity contribution in [2.45, 2.75) is 25.3 Å². The molecule has 0 unspecified atom stereocenters. The molecule has 1 heterocycles. The number of nitrogens with one attached hydrogen (secondary N) is 1. The van der Waals surface area contributed by atoms with E-state index in [1.807, 2.05) is 43.3 Å². The van der Waals surface area contributed by atoms with Crippen molar-refractivity contribution < 1.29 is 9.53 Å². The van der Waals surface area contributed by atoms with Gasteiger partial charge in [-0.2, -0.15) is 0 Å². The number of carbonyl (C=O) groups excluding carboxylic acids is 1. The first-order valence-electron chi connectivity index (χ1n) is 8.15. The maximum absolute atomic E-state index is 11.9. The molecule has 1 saturated carbocycles. The van der Waals surface area contributed by atoms with E-state index in [0.717, 1.165) is 24.1 Å². The lowest BCUT2D eigenvalue weighted by Crippen LogP contribution is -2.12. The third kappa shape index (κ3) is 4.02. The van der Waals surface area contributed by atoms with Crippen molar-refractivity contribution in [3.8, 4) is 0 Å². The van der Waals surface area contributed by atoms with Gasteiger partial charge in [0.05, 0.1) is 7.11 Å². The lowest BCUT2D eigenvalue weighted by Gasteiger charge is -2.14. The molecular weight excluding hydrogens is 340 g/mol. The Morgan fingerprint density at radius 3 is 2.52 bits per heavy atom. The molecule has 132 valence electrons. The van der Waals surface area contributed by atoms with Crippen LogP contribution in [0.5, 0.6) is 0 Å². The molecule has 0 bridgehead atoms. The van der Waals surface area contributed by atoms with Crippen LogP contribution >= 0.6 is 11.6 Å². The average Bonchev–Trinajstić information content (AvgIpc) is 3.45. The van der Waals surface area contributed by atoms with Crippen molar-refractivity contribution in [1.29, 1.82) is 0 Å². The van der Waals surface area contributed by atoms with Gasteiger partial charge in [-0.15, -0.1) is 0 Å². The second-order valence-corrected chi connectivity index (χ2v) is 6.65. The number of ether oxygens (including phenoxy) is 1. The molecule has 25 heavy (non-hydrogen) atoms. The van der Waals surface area contributed by atoms with Crippen molar-refractivity contribution in [2.24, 2.45) is 0 Å². The molecule has 6 nitrogen and oxygen atoms in total. The van der Waals surface area contributed by atoms with Crippen molar-refractivity contribution in [2.75, 3.05) is 31.4 Å². The van der Waals surface area contributed by atoms with Crippen LogP contribution in [-0.4, -0.2) is 37.1 Å². The highest BCUT2D eigenvalue weighted by molar-refractivity contribution is 6.35. The Hall–Kier alpha value is -2.34. The molecule has 0 amide bonds. The zero-order chi connectivity index (χ0) is 18.0. The predicted octanol–water partition coefficient (Wildman–Crippen LogP) is 3.47. The quantitative estimate of drug-likeness (QED) is 0.795. The van der Waals surface area contributed by atoms with Crippen LogP contribution in [0.3, 0.4) is 0 Å². The molecule has 0 atom stereocenters. The first kappa shape index (κ1) is 17.5. The van der Waals surface area contributed by atoms with E-state index in [0.29, 0.717) is 24.1 Å². The lowest BCUT2D eigenvalue weighted by molar-refractivity contribution is 0.0593. The van der Waals surface area contributed by atoms with Crippen LogP contribution in [0.25, 0.3) is 0 Å². The van der Waals surface area contributed by atoms with Gasteiger partial charge in [-0.25, -0.2) is 14.8 Å². The molecule has 3 rings (SSSR count). The fraction of sp³-hybridized carbons (Fsp3) is 0.389. The van der Waals surface area contributed by atoms with Crippen molar-refractivity contribution in [3.05, 3.63) is 46.4 Å². The minimum Gasteiger partial charge on any atom is -0.464 e. The Balaban J connectivity index is 1.81. The number of benzene rings is 1. The van der Waals surface area contributed by atoms with Gasteiger partial charge >= 0.3 is 5.97 Å². The Bertz CT molecular complexity index is 773. The average molecular weight is 361 g/mol. The number of aromatic nitrogens is 2. The molecular formula is C18H21ClN4O2. The summed E-state index contributed by atoms with van der Waals surface area (Å²) in [5, 5.41) is 3.41. The summed E-state index contributed by atoms with van der Waals surface area (Å²) in [6.07, 6.45) is 2.07. The smallest absolute Gasteiger partial charge is 0.358 e. The maximum atomic E-state index is 11.9. The Morgan fingerprint density at radius 2 is 1.96 bits per heavy atom. The van der Waals surface area contributed by atoms with Gasteiger partial charge in [0.25, 0.3) is 0 Å². The molecule has 0 radical (unpaired) electrons. The molecule has 1 aromatic carbocycles. The monoisotopic (exact) mass is 360 g/mol. The fourth-order valence-electron chi connectivity index (χ4n) is 2.44. The van der Waals surface area contributed by atoms with Crippen LogP contribution < -0.4 is 10.2 Å². The number of hydrogen-bond donors (Lipinski definition) is 1. The maximum Gasteiger partial charge on any atom is 0.358 e. The Morgan fingerprint density at radius 1 is 1.28 bits per heavy atom. The van der Waals surface area contributed by atoms with Gasteiger partial charge in [-0.05, 0) is 30.5 Å². The van der Waals surface area contributed by atoms with Gasteiger partial charge in [0.1, 0.15) is 16.7 Å². The van der Waals surface area contributed by atoms with Crippen LogP contribution in [0.4, 0.5) is 11.5 Å². The summed E-state index contributed by atoms with van der Waals surface area (Å²) in [6, 6.07) is 8.18. The van der Waals surface area contributed by atoms with Gasteiger partial charge in [0.15, 0.2) is 5.69 Å². The van der Waals surface area contributed by atoms with Crippen molar-refractivity contribution in [3.63, 3.8) is 0 Å². The van der Waals surface area contributed by atoms with E-state index in [1.54, 1.807) is 0 Å². The second-order valence-electron chi connectivity index (χ2n) is 6.27. The van der Waals surface area contributed by atoms with E-state index < -0.39 is 5.97 Å². The molecule has 1 aliphatic rings. The standard InChI is InChI=1S/C18H21ClN4O2/c1-23(2)13-8-4-11(5-9-13)10-20-17-14(19)15(18(24)25-3)21-16(22-17)12-6-7-12/h4-5,8-9,12H,6-7,10H2,1-3H3,(H,20,21,22). The zero-order valence-electron chi connectivity index (χ0n) is 14.5. The number of carbonyl (C=O) groups is 1. The molecule has 1 N–H and O–H groups in total. The summed E-state index contributed by atoms with van der Waals surface area (Å²) < 4.78 is 4.78. The molecule has 2 aromatic rings. The summed E-state index contributed by atoms with van der Waals surface area (Å²) in [7, 11) is 5.32. The van der Waals surface area contributed by atoms with E-state index in [-0.39, 0.29) is 10.7 Å².